The average Bonchev–Trinajstić information content (AvgIpc) is 2.54. The highest BCUT2D eigenvalue weighted by Crippen LogP contribution is 2.21. The van der Waals surface area contributed by atoms with E-state index in [1.165, 1.54) is 6.08 Å². The first-order chi connectivity index (χ1) is 11.1. The van der Waals surface area contributed by atoms with Crippen molar-refractivity contribution in [1.29, 1.82) is 0 Å². The van der Waals surface area contributed by atoms with Crippen LogP contribution < -0.4 is 10.2 Å². The number of carbonyl (C=O) groups excluding carboxylic acids is 3. The molecule has 1 aliphatic heterocycles. The number of benzene rings is 2. The van der Waals surface area contributed by atoms with E-state index in [0.29, 0.717) is 11.3 Å². The van der Waals surface area contributed by atoms with Crippen molar-refractivity contribution < 1.29 is 14.4 Å². The Hall–Kier alpha value is -2.48. The number of anilines is 1. The molecule has 1 N–H and O–H groups in total. The molecule has 0 saturated carbocycles. The van der Waals surface area contributed by atoms with Gasteiger partial charge < -0.3 is 0 Å². The van der Waals surface area contributed by atoms with Gasteiger partial charge in [0, 0.05) is 3.57 Å². The van der Waals surface area contributed by atoms with Gasteiger partial charge in [-0.15, -0.1) is 0 Å². The molecule has 0 aliphatic carbocycles. The van der Waals surface area contributed by atoms with E-state index in [0.717, 1.165) is 8.47 Å². The van der Waals surface area contributed by atoms with Gasteiger partial charge >= 0.3 is 6.03 Å². The van der Waals surface area contributed by atoms with E-state index in [1.807, 2.05) is 12.1 Å². The van der Waals surface area contributed by atoms with Gasteiger partial charge in [-0.2, -0.15) is 0 Å². The molecule has 5 nitrogen and oxygen atoms in total. The monoisotopic (exact) mass is 418 g/mol. The lowest BCUT2D eigenvalue weighted by atomic mass is 10.1. The van der Waals surface area contributed by atoms with Crippen LogP contribution in [0.2, 0.25) is 0 Å². The van der Waals surface area contributed by atoms with E-state index in [1.54, 1.807) is 42.5 Å². The summed E-state index contributed by atoms with van der Waals surface area (Å²) in [6.45, 7) is 0. The number of halogens is 1. The molecule has 1 aliphatic rings. The van der Waals surface area contributed by atoms with Crippen LogP contribution in [0.25, 0.3) is 6.08 Å². The SMILES string of the molecule is O=C1NC(=O)N(c2ccccc2)C(=O)/C1=C/c1ccc(I)cc1. The molecule has 3 rings (SSSR count). The number of para-hydroxylation sites is 1. The van der Waals surface area contributed by atoms with Crippen LogP contribution in [-0.4, -0.2) is 17.8 Å². The molecule has 23 heavy (non-hydrogen) atoms. The maximum absolute atomic E-state index is 12.6. The van der Waals surface area contributed by atoms with Crippen LogP contribution in [0, 0.1) is 3.57 Å². The highest BCUT2D eigenvalue weighted by Gasteiger charge is 2.36. The van der Waals surface area contributed by atoms with Gasteiger partial charge in [-0.3, -0.25) is 14.9 Å². The Morgan fingerprint density at radius 2 is 1.57 bits per heavy atom. The maximum Gasteiger partial charge on any atom is 0.335 e. The van der Waals surface area contributed by atoms with E-state index in [4.69, 9.17) is 0 Å². The molecule has 0 spiro atoms. The minimum Gasteiger partial charge on any atom is -0.273 e. The molecule has 1 heterocycles. The molecule has 1 fully saturated rings. The fourth-order valence-electron chi connectivity index (χ4n) is 2.19. The number of urea groups is 1. The fourth-order valence-corrected chi connectivity index (χ4v) is 2.55. The van der Waals surface area contributed by atoms with Crippen molar-refractivity contribution in [2.75, 3.05) is 4.90 Å². The molecule has 0 unspecified atom stereocenters. The third-order valence-corrected chi connectivity index (χ3v) is 4.02. The van der Waals surface area contributed by atoms with Crippen molar-refractivity contribution >= 4 is 52.2 Å². The van der Waals surface area contributed by atoms with Gasteiger partial charge in [0.1, 0.15) is 5.57 Å². The van der Waals surface area contributed by atoms with Crippen molar-refractivity contribution in [2.24, 2.45) is 0 Å². The van der Waals surface area contributed by atoms with Crippen LogP contribution in [0.15, 0.2) is 60.2 Å². The Morgan fingerprint density at radius 3 is 2.22 bits per heavy atom. The molecule has 2 aromatic rings. The first kappa shape index (κ1) is 15.4. The minimum absolute atomic E-state index is 0.0744. The largest absolute Gasteiger partial charge is 0.335 e. The van der Waals surface area contributed by atoms with Crippen molar-refractivity contribution in [3.05, 3.63) is 69.3 Å². The molecule has 0 radical (unpaired) electrons. The third kappa shape index (κ3) is 3.16. The smallest absolute Gasteiger partial charge is 0.273 e. The van der Waals surface area contributed by atoms with E-state index in [9.17, 15) is 14.4 Å². The van der Waals surface area contributed by atoms with Crippen LogP contribution in [0.1, 0.15) is 5.56 Å². The second kappa shape index (κ2) is 6.33. The van der Waals surface area contributed by atoms with Gasteiger partial charge in [0.05, 0.1) is 5.69 Å². The number of nitrogens with zero attached hydrogens (tertiary/aromatic N) is 1. The summed E-state index contributed by atoms with van der Waals surface area (Å²) in [7, 11) is 0. The van der Waals surface area contributed by atoms with Crippen LogP contribution in [0.3, 0.4) is 0 Å². The highest BCUT2D eigenvalue weighted by molar-refractivity contribution is 14.1. The number of carbonyl (C=O) groups is 3. The molecule has 4 amide bonds. The Labute approximate surface area is 146 Å². The summed E-state index contributed by atoms with van der Waals surface area (Å²) in [5, 5.41) is 2.20. The molecular weight excluding hydrogens is 407 g/mol. The quantitative estimate of drug-likeness (QED) is 0.464. The van der Waals surface area contributed by atoms with Gasteiger partial charge in [-0.05, 0) is 58.5 Å². The molecule has 114 valence electrons. The summed E-state index contributed by atoms with van der Waals surface area (Å²) in [4.78, 5) is 37.6. The van der Waals surface area contributed by atoms with Crippen molar-refractivity contribution in [1.82, 2.24) is 5.32 Å². The normalized spacial score (nSPS) is 16.7. The van der Waals surface area contributed by atoms with Crippen LogP contribution in [-0.2, 0) is 9.59 Å². The topological polar surface area (TPSA) is 66.5 Å². The second-order valence-corrected chi connectivity index (χ2v) is 6.09. The Bertz CT molecular complexity index is 813. The van der Waals surface area contributed by atoms with E-state index < -0.39 is 17.8 Å². The number of imide groups is 2. The lowest BCUT2D eigenvalue weighted by Gasteiger charge is -2.26. The summed E-state index contributed by atoms with van der Waals surface area (Å²) < 4.78 is 1.05. The average molecular weight is 418 g/mol. The van der Waals surface area contributed by atoms with Crippen LogP contribution >= 0.6 is 22.6 Å². The van der Waals surface area contributed by atoms with E-state index in [2.05, 4.69) is 27.9 Å². The summed E-state index contributed by atoms with van der Waals surface area (Å²) in [5.74, 6) is -1.32. The molecular formula is C17H11IN2O3. The van der Waals surface area contributed by atoms with E-state index in [-0.39, 0.29) is 5.57 Å². The highest BCUT2D eigenvalue weighted by atomic mass is 127. The van der Waals surface area contributed by atoms with Gasteiger partial charge in [0.2, 0.25) is 0 Å². The molecule has 0 atom stereocenters. The molecule has 6 heteroatoms. The first-order valence-electron chi connectivity index (χ1n) is 6.78. The predicted octanol–water partition coefficient (Wildman–Crippen LogP) is 2.96. The Balaban J connectivity index is 2.00. The number of nitrogens with one attached hydrogen (secondary N) is 1. The Kier molecular flexibility index (Phi) is 4.24. The molecule has 1 saturated heterocycles. The van der Waals surface area contributed by atoms with Gasteiger partial charge in [0.15, 0.2) is 0 Å². The number of rotatable bonds is 2. The lowest BCUT2D eigenvalue weighted by Crippen LogP contribution is -2.54. The van der Waals surface area contributed by atoms with Gasteiger partial charge in [-0.25, -0.2) is 9.69 Å². The summed E-state index contributed by atoms with van der Waals surface area (Å²) in [6.07, 6.45) is 1.48. The van der Waals surface area contributed by atoms with Crippen molar-refractivity contribution in [2.45, 2.75) is 0 Å². The molecule has 2 aromatic carbocycles. The zero-order valence-electron chi connectivity index (χ0n) is 11.8. The lowest BCUT2D eigenvalue weighted by molar-refractivity contribution is -0.122. The van der Waals surface area contributed by atoms with Crippen molar-refractivity contribution in [3.8, 4) is 0 Å². The summed E-state index contributed by atoms with van der Waals surface area (Å²) in [6, 6.07) is 15.1. The fraction of sp³-hybridized carbons (Fsp3) is 0. The zero-order chi connectivity index (χ0) is 16.4. The zero-order valence-corrected chi connectivity index (χ0v) is 14.0. The number of amides is 4. The number of barbiturate groups is 1. The summed E-state index contributed by atoms with van der Waals surface area (Å²) >= 11 is 2.17. The van der Waals surface area contributed by atoms with Crippen molar-refractivity contribution in [3.63, 3.8) is 0 Å². The van der Waals surface area contributed by atoms with Crippen LogP contribution in [0.5, 0.6) is 0 Å². The second-order valence-electron chi connectivity index (χ2n) is 4.84. The summed E-state index contributed by atoms with van der Waals surface area (Å²) in [5.41, 5.74) is 1.05. The first-order valence-corrected chi connectivity index (χ1v) is 7.86. The van der Waals surface area contributed by atoms with Gasteiger partial charge in [0.25, 0.3) is 11.8 Å². The third-order valence-electron chi connectivity index (χ3n) is 3.30. The minimum atomic E-state index is -0.744. The number of hydrogen-bond acceptors (Lipinski definition) is 3. The maximum atomic E-state index is 12.6. The van der Waals surface area contributed by atoms with Crippen LogP contribution in [0.4, 0.5) is 10.5 Å². The Morgan fingerprint density at radius 1 is 0.913 bits per heavy atom. The van der Waals surface area contributed by atoms with E-state index >= 15 is 0 Å². The predicted molar refractivity (Wildman–Crippen MR) is 94.6 cm³/mol. The standard InChI is InChI=1S/C17H11IN2O3/c18-12-8-6-11(7-9-12)10-14-15(21)19-17(23)20(16(14)22)13-4-2-1-3-5-13/h1-10H,(H,19,21,23)/b14-10+. The molecule has 0 bridgehead atoms. The molecule has 0 aromatic heterocycles. The number of hydrogen-bond donors (Lipinski definition) is 1. The van der Waals surface area contributed by atoms with Gasteiger partial charge in [-0.1, -0.05) is 30.3 Å².